The number of hydrogen-bond donors (Lipinski definition) is 1. The van der Waals surface area contributed by atoms with Crippen LogP contribution in [0.5, 0.6) is 0 Å². The average molecular weight is 492 g/mol. The zero-order chi connectivity index (χ0) is 23.4. The Hall–Kier alpha value is -2.49. The maximum absolute atomic E-state index is 14.1. The average Bonchev–Trinajstić information content (AvgIpc) is 3.18. The monoisotopic (exact) mass is 491 g/mol. The van der Waals surface area contributed by atoms with Gasteiger partial charge < -0.3 is 5.32 Å². The van der Waals surface area contributed by atoms with Crippen LogP contribution in [0.3, 0.4) is 0 Å². The van der Waals surface area contributed by atoms with Gasteiger partial charge in [0.2, 0.25) is 5.91 Å². The molecule has 1 atom stereocenters. The molecule has 0 bridgehead atoms. The Kier molecular flexibility index (Phi) is 7.62. The van der Waals surface area contributed by atoms with Gasteiger partial charge in [-0.05, 0) is 75.3 Å². The van der Waals surface area contributed by atoms with Crippen LogP contribution in [0, 0.1) is 11.6 Å². The fourth-order valence-corrected chi connectivity index (χ4v) is 4.73. The molecule has 1 unspecified atom stereocenters. The quantitative estimate of drug-likeness (QED) is 0.454. The van der Waals surface area contributed by atoms with Crippen molar-refractivity contribution in [3.05, 3.63) is 64.9 Å². The Labute approximate surface area is 200 Å². The summed E-state index contributed by atoms with van der Waals surface area (Å²) in [7, 11) is 0. The van der Waals surface area contributed by atoms with E-state index in [0.717, 1.165) is 37.8 Å². The van der Waals surface area contributed by atoms with E-state index < -0.39 is 11.1 Å². The molecule has 174 valence electrons. The van der Waals surface area contributed by atoms with Crippen molar-refractivity contribution < 1.29 is 13.6 Å². The van der Waals surface area contributed by atoms with Gasteiger partial charge in [-0.25, -0.2) is 8.78 Å². The molecular weight excluding hydrogens is 468 g/mol. The van der Waals surface area contributed by atoms with E-state index in [1.807, 2.05) is 4.57 Å². The second kappa shape index (κ2) is 10.6. The number of carbonyl (C=O) groups excluding carboxylic acids is 1. The number of amides is 1. The van der Waals surface area contributed by atoms with E-state index in [-0.39, 0.29) is 22.4 Å². The van der Waals surface area contributed by atoms with Gasteiger partial charge in [0.05, 0.1) is 17.5 Å². The molecule has 1 N–H and O–H groups in total. The fourth-order valence-electron chi connectivity index (χ4n) is 3.68. The highest BCUT2D eigenvalue weighted by atomic mass is 35.5. The number of likely N-dealkylation sites (tertiary alicyclic amines) is 1. The number of nitrogens with zero attached hydrogens (tertiary/aromatic N) is 4. The summed E-state index contributed by atoms with van der Waals surface area (Å²) < 4.78 is 29.5. The second-order valence-electron chi connectivity index (χ2n) is 7.92. The van der Waals surface area contributed by atoms with Gasteiger partial charge in [0.15, 0.2) is 11.0 Å². The first-order valence-corrected chi connectivity index (χ1v) is 12.0. The minimum absolute atomic E-state index is 0.0580. The maximum atomic E-state index is 14.1. The number of hydrogen-bond acceptors (Lipinski definition) is 5. The topological polar surface area (TPSA) is 63.1 Å². The molecular formula is C23H24ClF2N5OS. The first-order chi connectivity index (χ1) is 15.9. The van der Waals surface area contributed by atoms with Crippen molar-refractivity contribution >= 4 is 35.0 Å². The van der Waals surface area contributed by atoms with Gasteiger partial charge in [-0.15, -0.1) is 10.2 Å². The number of halogens is 3. The lowest BCUT2D eigenvalue weighted by Gasteiger charge is -2.26. The molecule has 2 heterocycles. The third-order valence-corrected chi connectivity index (χ3v) is 6.72. The Morgan fingerprint density at radius 2 is 1.85 bits per heavy atom. The summed E-state index contributed by atoms with van der Waals surface area (Å²) in [6.07, 6.45) is 3.51. The molecule has 6 nitrogen and oxygen atoms in total. The smallest absolute Gasteiger partial charge is 0.237 e. The van der Waals surface area contributed by atoms with Crippen molar-refractivity contribution in [3.63, 3.8) is 0 Å². The van der Waals surface area contributed by atoms with Crippen LogP contribution >= 0.6 is 23.4 Å². The lowest BCUT2D eigenvalue weighted by Crippen LogP contribution is -2.30. The Morgan fingerprint density at radius 1 is 1.12 bits per heavy atom. The van der Waals surface area contributed by atoms with Crippen LogP contribution in [0.2, 0.25) is 5.02 Å². The van der Waals surface area contributed by atoms with Crippen LogP contribution in [0.25, 0.3) is 5.69 Å². The van der Waals surface area contributed by atoms with Crippen molar-refractivity contribution in [3.8, 4) is 5.69 Å². The number of rotatable bonds is 7. The van der Waals surface area contributed by atoms with Gasteiger partial charge in [0.25, 0.3) is 0 Å². The van der Waals surface area contributed by atoms with E-state index in [2.05, 4.69) is 20.4 Å². The normalized spacial score (nSPS) is 15.4. The first kappa shape index (κ1) is 23.7. The van der Waals surface area contributed by atoms with E-state index in [9.17, 15) is 13.6 Å². The third kappa shape index (κ3) is 5.90. The van der Waals surface area contributed by atoms with Crippen molar-refractivity contribution in [2.75, 3.05) is 18.4 Å². The number of nitrogens with one attached hydrogen (secondary N) is 1. The molecule has 4 rings (SSSR count). The number of aromatic nitrogens is 3. The minimum atomic E-state index is -0.605. The lowest BCUT2D eigenvalue weighted by atomic mass is 10.1. The summed E-state index contributed by atoms with van der Waals surface area (Å²) in [5, 5.41) is 11.5. The minimum Gasteiger partial charge on any atom is -0.323 e. The van der Waals surface area contributed by atoms with Crippen LogP contribution in [0.4, 0.5) is 14.5 Å². The Balaban J connectivity index is 1.55. The summed E-state index contributed by atoms with van der Waals surface area (Å²) in [6, 6.07) is 10.2. The maximum Gasteiger partial charge on any atom is 0.237 e. The second-order valence-corrected chi connectivity index (χ2v) is 9.67. The number of thioether (sulfide) groups is 1. The van der Waals surface area contributed by atoms with E-state index >= 15 is 0 Å². The highest BCUT2D eigenvalue weighted by Crippen LogP contribution is 2.28. The van der Waals surface area contributed by atoms with Crippen LogP contribution in [0.1, 0.15) is 32.0 Å². The van der Waals surface area contributed by atoms with E-state index in [1.165, 1.54) is 42.4 Å². The van der Waals surface area contributed by atoms with Crippen LogP contribution in [-0.2, 0) is 11.3 Å². The molecule has 0 radical (unpaired) electrons. The molecule has 10 heteroatoms. The number of carbonyl (C=O) groups is 1. The van der Waals surface area contributed by atoms with Crippen molar-refractivity contribution in [1.29, 1.82) is 0 Å². The van der Waals surface area contributed by atoms with Gasteiger partial charge in [-0.3, -0.25) is 14.3 Å². The van der Waals surface area contributed by atoms with E-state index in [4.69, 9.17) is 11.6 Å². The molecule has 1 fully saturated rings. The Morgan fingerprint density at radius 3 is 2.55 bits per heavy atom. The van der Waals surface area contributed by atoms with Crippen LogP contribution < -0.4 is 5.32 Å². The first-order valence-electron chi connectivity index (χ1n) is 10.8. The standard InChI is InChI=1S/C23H24ClF2N5OS/c1-15(22(32)27-20-10-5-16(24)13-19(20)26)33-23-29-28-21(14-30-11-3-2-4-12-30)31(23)18-8-6-17(25)7-9-18/h5-10,13,15H,2-4,11-12,14H2,1H3,(H,27,32). The van der Waals surface area contributed by atoms with Gasteiger partial charge in [-0.2, -0.15) is 0 Å². The zero-order valence-corrected chi connectivity index (χ0v) is 19.7. The van der Waals surface area contributed by atoms with Crippen molar-refractivity contribution in [1.82, 2.24) is 19.7 Å². The van der Waals surface area contributed by atoms with Gasteiger partial charge in [-0.1, -0.05) is 29.8 Å². The number of benzene rings is 2. The molecule has 0 spiro atoms. The SMILES string of the molecule is CC(Sc1nnc(CN2CCCCC2)n1-c1ccc(F)cc1)C(=O)Nc1ccc(Cl)cc1F. The molecule has 0 aliphatic carbocycles. The van der Waals surface area contributed by atoms with Crippen molar-refractivity contribution in [2.24, 2.45) is 0 Å². The van der Waals surface area contributed by atoms with E-state index in [1.54, 1.807) is 19.1 Å². The summed E-state index contributed by atoms with van der Waals surface area (Å²) >= 11 is 6.98. The molecule has 33 heavy (non-hydrogen) atoms. The summed E-state index contributed by atoms with van der Waals surface area (Å²) in [6.45, 7) is 4.30. The van der Waals surface area contributed by atoms with Crippen LogP contribution in [0.15, 0.2) is 47.6 Å². The zero-order valence-electron chi connectivity index (χ0n) is 18.1. The molecule has 3 aromatic rings. The molecule has 0 saturated carbocycles. The molecule has 1 aliphatic rings. The summed E-state index contributed by atoms with van der Waals surface area (Å²) in [5.41, 5.74) is 0.773. The summed E-state index contributed by atoms with van der Waals surface area (Å²) in [5.74, 6) is -0.600. The lowest BCUT2D eigenvalue weighted by molar-refractivity contribution is -0.115. The molecule has 1 aromatic heterocycles. The molecule has 1 aliphatic heterocycles. The van der Waals surface area contributed by atoms with Crippen LogP contribution in [-0.4, -0.2) is 43.9 Å². The van der Waals surface area contributed by atoms with Gasteiger partial charge in [0.1, 0.15) is 11.6 Å². The molecule has 2 aromatic carbocycles. The highest BCUT2D eigenvalue weighted by molar-refractivity contribution is 8.00. The van der Waals surface area contributed by atoms with Gasteiger partial charge in [0, 0.05) is 10.7 Å². The fraction of sp³-hybridized carbons (Fsp3) is 0.348. The van der Waals surface area contributed by atoms with Crippen molar-refractivity contribution in [2.45, 2.75) is 43.1 Å². The predicted octanol–water partition coefficient (Wildman–Crippen LogP) is 5.30. The van der Waals surface area contributed by atoms with Gasteiger partial charge >= 0.3 is 0 Å². The largest absolute Gasteiger partial charge is 0.323 e. The number of piperidine rings is 1. The van der Waals surface area contributed by atoms with E-state index in [0.29, 0.717) is 17.4 Å². The highest BCUT2D eigenvalue weighted by Gasteiger charge is 2.23. The molecule has 1 amide bonds. The Bertz CT molecular complexity index is 1120. The molecule has 1 saturated heterocycles. The predicted molar refractivity (Wildman–Crippen MR) is 126 cm³/mol. The third-order valence-electron chi connectivity index (χ3n) is 5.44. The number of anilines is 1. The summed E-state index contributed by atoms with van der Waals surface area (Å²) in [4.78, 5) is 15.0.